The SMILES string of the molecule is Cc1c(NC(=O)CN2CCCCC2C)cccc1[N+](=O)[O-]. The van der Waals surface area contributed by atoms with E-state index in [-0.39, 0.29) is 11.6 Å². The second-order valence-electron chi connectivity index (χ2n) is 5.57. The molecule has 0 saturated carbocycles. The summed E-state index contributed by atoms with van der Waals surface area (Å²) in [5.41, 5.74) is 1.03. The highest BCUT2D eigenvalue weighted by Crippen LogP contribution is 2.25. The number of rotatable bonds is 4. The fourth-order valence-corrected chi connectivity index (χ4v) is 2.72. The molecule has 0 aromatic heterocycles. The van der Waals surface area contributed by atoms with Crippen LogP contribution in [0, 0.1) is 17.0 Å². The normalized spacial score (nSPS) is 19.2. The van der Waals surface area contributed by atoms with Gasteiger partial charge in [-0.1, -0.05) is 12.5 Å². The summed E-state index contributed by atoms with van der Waals surface area (Å²) < 4.78 is 0. The summed E-state index contributed by atoms with van der Waals surface area (Å²) in [4.78, 5) is 24.8. The van der Waals surface area contributed by atoms with Crippen LogP contribution in [0.15, 0.2) is 18.2 Å². The molecule has 2 rings (SSSR count). The van der Waals surface area contributed by atoms with Gasteiger partial charge in [0.2, 0.25) is 5.91 Å². The zero-order valence-corrected chi connectivity index (χ0v) is 12.5. The Morgan fingerprint density at radius 2 is 2.24 bits per heavy atom. The van der Waals surface area contributed by atoms with Crippen LogP contribution in [0.5, 0.6) is 0 Å². The standard InChI is InChI=1S/C15H21N3O3/c1-11-6-3-4-9-17(11)10-15(19)16-13-7-5-8-14(12(13)2)18(20)21/h5,7-8,11H,3-4,6,9-10H2,1-2H3,(H,16,19). The van der Waals surface area contributed by atoms with Crippen LogP contribution in [0.25, 0.3) is 0 Å². The molecule has 21 heavy (non-hydrogen) atoms. The number of nitrogens with one attached hydrogen (secondary N) is 1. The maximum Gasteiger partial charge on any atom is 0.274 e. The van der Waals surface area contributed by atoms with E-state index >= 15 is 0 Å². The number of hydrogen-bond donors (Lipinski definition) is 1. The van der Waals surface area contributed by atoms with E-state index in [1.54, 1.807) is 19.1 Å². The predicted octanol–water partition coefficient (Wildman–Crippen LogP) is 2.72. The molecule has 1 saturated heterocycles. The first kappa shape index (κ1) is 15.4. The van der Waals surface area contributed by atoms with Crippen molar-refractivity contribution in [3.8, 4) is 0 Å². The molecule has 1 aliphatic rings. The Kier molecular flexibility index (Phi) is 4.90. The van der Waals surface area contributed by atoms with Crippen LogP contribution >= 0.6 is 0 Å². The number of carbonyl (C=O) groups is 1. The maximum atomic E-state index is 12.1. The minimum absolute atomic E-state index is 0.0270. The number of carbonyl (C=O) groups excluding carboxylic acids is 1. The van der Waals surface area contributed by atoms with Gasteiger partial charge in [0, 0.05) is 12.1 Å². The highest BCUT2D eigenvalue weighted by molar-refractivity contribution is 5.93. The minimum atomic E-state index is -0.433. The average molecular weight is 291 g/mol. The number of hydrogen-bond acceptors (Lipinski definition) is 4. The van der Waals surface area contributed by atoms with Gasteiger partial charge in [-0.25, -0.2) is 0 Å². The first-order valence-corrected chi connectivity index (χ1v) is 7.27. The summed E-state index contributed by atoms with van der Waals surface area (Å²) in [6.45, 7) is 5.05. The molecule has 6 nitrogen and oxygen atoms in total. The van der Waals surface area contributed by atoms with Crippen LogP contribution in [-0.4, -0.2) is 34.9 Å². The molecule has 1 fully saturated rings. The summed E-state index contributed by atoms with van der Waals surface area (Å²) in [5.74, 6) is -0.118. The molecule has 114 valence electrons. The Balaban J connectivity index is 2.02. The van der Waals surface area contributed by atoms with Gasteiger partial charge in [-0.2, -0.15) is 0 Å². The smallest absolute Gasteiger partial charge is 0.274 e. The van der Waals surface area contributed by atoms with E-state index in [4.69, 9.17) is 0 Å². The second kappa shape index (κ2) is 6.67. The maximum absolute atomic E-state index is 12.1. The first-order chi connectivity index (χ1) is 9.99. The molecule has 0 bridgehead atoms. The Bertz CT molecular complexity index is 545. The lowest BCUT2D eigenvalue weighted by Gasteiger charge is -2.32. The van der Waals surface area contributed by atoms with E-state index in [9.17, 15) is 14.9 Å². The van der Waals surface area contributed by atoms with Crippen molar-refractivity contribution < 1.29 is 9.72 Å². The summed E-state index contributed by atoms with van der Waals surface area (Å²) in [6, 6.07) is 5.14. The van der Waals surface area contributed by atoms with E-state index in [1.165, 1.54) is 12.5 Å². The van der Waals surface area contributed by atoms with Gasteiger partial charge in [-0.3, -0.25) is 19.8 Å². The van der Waals surface area contributed by atoms with Crippen molar-refractivity contribution in [3.05, 3.63) is 33.9 Å². The van der Waals surface area contributed by atoms with Crippen LogP contribution in [0.4, 0.5) is 11.4 Å². The van der Waals surface area contributed by atoms with Crippen molar-refractivity contribution in [2.24, 2.45) is 0 Å². The Morgan fingerprint density at radius 1 is 1.48 bits per heavy atom. The summed E-state index contributed by atoms with van der Waals surface area (Å²) in [5, 5.41) is 13.7. The van der Waals surface area contributed by atoms with Crippen molar-refractivity contribution >= 4 is 17.3 Å². The number of anilines is 1. The number of nitro benzene ring substituents is 1. The van der Waals surface area contributed by atoms with Gasteiger partial charge in [0.05, 0.1) is 22.7 Å². The largest absolute Gasteiger partial charge is 0.324 e. The molecule has 1 unspecified atom stereocenters. The Hall–Kier alpha value is -1.95. The van der Waals surface area contributed by atoms with Gasteiger partial charge in [-0.15, -0.1) is 0 Å². The number of piperidine rings is 1. The average Bonchev–Trinajstić information content (AvgIpc) is 2.43. The third kappa shape index (κ3) is 3.78. The molecule has 1 aliphatic heterocycles. The number of nitrogens with zero attached hydrogens (tertiary/aromatic N) is 2. The third-order valence-electron chi connectivity index (χ3n) is 4.06. The molecular weight excluding hydrogens is 270 g/mol. The molecule has 0 aliphatic carbocycles. The van der Waals surface area contributed by atoms with Gasteiger partial charge in [-0.05, 0) is 39.3 Å². The fourth-order valence-electron chi connectivity index (χ4n) is 2.72. The van der Waals surface area contributed by atoms with Crippen molar-refractivity contribution in [1.29, 1.82) is 0 Å². The molecule has 0 radical (unpaired) electrons. The van der Waals surface area contributed by atoms with Crippen LogP contribution in [0.1, 0.15) is 31.7 Å². The molecule has 6 heteroatoms. The van der Waals surface area contributed by atoms with Gasteiger partial charge in [0.1, 0.15) is 0 Å². The quantitative estimate of drug-likeness (QED) is 0.683. The van der Waals surface area contributed by atoms with Gasteiger partial charge in [0.25, 0.3) is 5.69 Å². The minimum Gasteiger partial charge on any atom is -0.324 e. The molecule has 1 amide bonds. The van der Waals surface area contributed by atoms with Crippen LogP contribution in [-0.2, 0) is 4.79 Å². The summed E-state index contributed by atoms with van der Waals surface area (Å²) in [6.07, 6.45) is 3.44. The summed E-state index contributed by atoms with van der Waals surface area (Å²) >= 11 is 0. The highest BCUT2D eigenvalue weighted by Gasteiger charge is 2.21. The van der Waals surface area contributed by atoms with Gasteiger partial charge < -0.3 is 5.32 Å². The zero-order valence-electron chi connectivity index (χ0n) is 12.5. The molecule has 1 atom stereocenters. The molecule has 0 spiro atoms. The number of likely N-dealkylation sites (tertiary alicyclic amines) is 1. The molecule has 1 aromatic carbocycles. The van der Waals surface area contributed by atoms with Crippen molar-refractivity contribution in [1.82, 2.24) is 4.90 Å². The third-order valence-corrected chi connectivity index (χ3v) is 4.06. The molecular formula is C15H21N3O3. The number of benzene rings is 1. The van der Waals surface area contributed by atoms with Crippen molar-refractivity contribution in [2.75, 3.05) is 18.4 Å². The van der Waals surface area contributed by atoms with Gasteiger partial charge >= 0.3 is 0 Å². The van der Waals surface area contributed by atoms with Crippen LogP contribution in [0.2, 0.25) is 0 Å². The van der Waals surface area contributed by atoms with Crippen molar-refractivity contribution in [2.45, 2.75) is 39.2 Å². The topological polar surface area (TPSA) is 75.5 Å². The van der Waals surface area contributed by atoms with Crippen LogP contribution < -0.4 is 5.32 Å². The van der Waals surface area contributed by atoms with E-state index in [0.29, 0.717) is 23.8 Å². The van der Waals surface area contributed by atoms with Crippen molar-refractivity contribution in [3.63, 3.8) is 0 Å². The summed E-state index contributed by atoms with van der Waals surface area (Å²) in [7, 11) is 0. The molecule has 1 aromatic rings. The number of nitro groups is 1. The molecule has 1 heterocycles. The Morgan fingerprint density at radius 3 is 2.90 bits per heavy atom. The zero-order chi connectivity index (χ0) is 15.4. The van der Waals surface area contributed by atoms with E-state index in [1.807, 2.05) is 0 Å². The lowest BCUT2D eigenvalue weighted by Crippen LogP contribution is -2.42. The Labute approximate surface area is 124 Å². The van der Waals surface area contributed by atoms with Gasteiger partial charge in [0.15, 0.2) is 0 Å². The monoisotopic (exact) mass is 291 g/mol. The van der Waals surface area contributed by atoms with E-state index < -0.39 is 4.92 Å². The lowest BCUT2D eigenvalue weighted by molar-refractivity contribution is -0.385. The highest BCUT2D eigenvalue weighted by atomic mass is 16.6. The van der Waals surface area contributed by atoms with Crippen LogP contribution in [0.3, 0.4) is 0 Å². The fraction of sp³-hybridized carbons (Fsp3) is 0.533. The second-order valence-corrected chi connectivity index (χ2v) is 5.57. The number of amides is 1. The molecule has 1 N–H and O–H groups in total. The predicted molar refractivity (Wildman–Crippen MR) is 81.3 cm³/mol. The van der Waals surface area contributed by atoms with E-state index in [0.717, 1.165) is 19.4 Å². The van der Waals surface area contributed by atoms with E-state index in [2.05, 4.69) is 17.1 Å². The lowest BCUT2D eigenvalue weighted by atomic mass is 10.0. The first-order valence-electron chi connectivity index (χ1n) is 7.27.